The van der Waals surface area contributed by atoms with Crippen molar-refractivity contribution < 1.29 is 14.0 Å². The van der Waals surface area contributed by atoms with Crippen molar-refractivity contribution >= 4 is 22.7 Å². The zero-order chi connectivity index (χ0) is 24.7. The van der Waals surface area contributed by atoms with Gasteiger partial charge in [-0.1, -0.05) is 19.8 Å². The maximum Gasteiger partial charge on any atom is 0.245 e. The summed E-state index contributed by atoms with van der Waals surface area (Å²) in [5.41, 5.74) is 1.96. The zero-order valence-corrected chi connectivity index (χ0v) is 21.0. The lowest BCUT2D eigenvalue weighted by molar-refractivity contribution is -0.137. The average molecular weight is 484 g/mol. The van der Waals surface area contributed by atoms with Gasteiger partial charge in [-0.3, -0.25) is 14.5 Å². The predicted octanol–water partition coefficient (Wildman–Crippen LogP) is 3.12. The lowest BCUT2D eigenvalue weighted by atomic mass is 9.91. The fraction of sp³-hybridized carbons (Fsp3) is 0.630. The van der Waals surface area contributed by atoms with Gasteiger partial charge in [0.05, 0.1) is 12.1 Å². The number of aromatic amines is 1. The van der Waals surface area contributed by atoms with Crippen molar-refractivity contribution in [3.05, 3.63) is 35.8 Å². The Morgan fingerprint density at radius 1 is 1.23 bits per heavy atom. The van der Waals surface area contributed by atoms with Crippen LogP contribution in [0.3, 0.4) is 0 Å². The summed E-state index contributed by atoms with van der Waals surface area (Å²) in [4.78, 5) is 34.4. The molecule has 3 N–H and O–H groups in total. The maximum absolute atomic E-state index is 13.9. The van der Waals surface area contributed by atoms with Crippen molar-refractivity contribution in [3.63, 3.8) is 0 Å². The van der Waals surface area contributed by atoms with Gasteiger partial charge in [-0.25, -0.2) is 4.39 Å². The van der Waals surface area contributed by atoms with E-state index < -0.39 is 6.04 Å². The first-order valence-electron chi connectivity index (χ1n) is 13.2. The molecular weight excluding hydrogens is 445 g/mol. The largest absolute Gasteiger partial charge is 0.361 e. The number of benzene rings is 1. The first kappa shape index (κ1) is 24.3. The number of nitrogens with zero attached hydrogens (tertiary/aromatic N) is 2. The number of rotatable bonds is 7. The van der Waals surface area contributed by atoms with E-state index in [-0.39, 0.29) is 35.6 Å². The molecule has 8 heteroatoms. The van der Waals surface area contributed by atoms with Crippen LogP contribution in [-0.4, -0.2) is 76.9 Å². The molecule has 2 aromatic rings. The van der Waals surface area contributed by atoms with Gasteiger partial charge in [-0.05, 0) is 63.4 Å². The van der Waals surface area contributed by atoms with Crippen molar-refractivity contribution in [2.75, 3.05) is 20.1 Å². The molecule has 3 aliphatic rings. The molecule has 5 unspecified atom stereocenters. The number of carbonyl (C=O) groups excluding carboxylic acids is 2. The summed E-state index contributed by atoms with van der Waals surface area (Å²) in [5, 5.41) is 6.95. The number of amides is 2. The molecule has 2 amide bonds. The SMILES string of the molecule is CCC(NC(=O)C(C)NC)C(=O)N1CCC2C1C(c1c[nH]c3cc(F)ccc13)CN2C1CCCC1. The van der Waals surface area contributed by atoms with Gasteiger partial charge in [0.2, 0.25) is 11.8 Å². The highest BCUT2D eigenvalue weighted by Gasteiger charge is 2.53. The molecule has 0 spiro atoms. The normalized spacial score (nSPS) is 26.9. The van der Waals surface area contributed by atoms with Crippen LogP contribution in [0.5, 0.6) is 0 Å². The van der Waals surface area contributed by atoms with Crippen LogP contribution in [0.2, 0.25) is 0 Å². The summed E-state index contributed by atoms with van der Waals surface area (Å²) >= 11 is 0. The van der Waals surface area contributed by atoms with E-state index in [1.807, 2.05) is 24.1 Å². The molecule has 0 radical (unpaired) electrons. The van der Waals surface area contributed by atoms with Gasteiger partial charge in [0.25, 0.3) is 0 Å². The molecule has 2 saturated heterocycles. The number of nitrogens with one attached hydrogen (secondary N) is 3. The number of hydrogen-bond acceptors (Lipinski definition) is 4. The molecule has 190 valence electrons. The Balaban J connectivity index is 1.46. The fourth-order valence-electron chi connectivity index (χ4n) is 6.71. The summed E-state index contributed by atoms with van der Waals surface area (Å²) in [5.74, 6) is -0.244. The summed E-state index contributed by atoms with van der Waals surface area (Å²) in [6, 6.07) is 4.99. The van der Waals surface area contributed by atoms with E-state index in [9.17, 15) is 14.0 Å². The van der Waals surface area contributed by atoms with Crippen LogP contribution >= 0.6 is 0 Å². The van der Waals surface area contributed by atoms with E-state index >= 15 is 0 Å². The molecule has 5 rings (SSSR count). The Morgan fingerprint density at radius 2 is 2.00 bits per heavy atom. The third-order valence-electron chi connectivity index (χ3n) is 8.67. The lowest BCUT2D eigenvalue weighted by Gasteiger charge is -2.32. The average Bonchev–Trinajstić information content (AvgIpc) is 3.65. The summed E-state index contributed by atoms with van der Waals surface area (Å²) in [7, 11) is 1.74. The summed E-state index contributed by atoms with van der Waals surface area (Å²) in [6.45, 7) is 5.36. The van der Waals surface area contributed by atoms with E-state index in [4.69, 9.17) is 0 Å². The molecule has 35 heavy (non-hydrogen) atoms. The Hall–Kier alpha value is -2.45. The topological polar surface area (TPSA) is 80.5 Å². The van der Waals surface area contributed by atoms with Crippen molar-refractivity contribution in [2.24, 2.45) is 0 Å². The van der Waals surface area contributed by atoms with Crippen LogP contribution in [0.1, 0.15) is 63.9 Å². The third-order valence-corrected chi connectivity index (χ3v) is 8.67. The van der Waals surface area contributed by atoms with Gasteiger partial charge >= 0.3 is 0 Å². The van der Waals surface area contributed by atoms with Crippen LogP contribution in [0.4, 0.5) is 4.39 Å². The van der Waals surface area contributed by atoms with Crippen molar-refractivity contribution in [1.29, 1.82) is 0 Å². The second-order valence-corrected chi connectivity index (χ2v) is 10.5. The number of likely N-dealkylation sites (N-methyl/N-ethyl adjacent to an activating group) is 1. The number of H-pyrrole nitrogens is 1. The minimum absolute atomic E-state index is 0.0146. The minimum Gasteiger partial charge on any atom is -0.361 e. The molecule has 1 aromatic carbocycles. The van der Waals surface area contributed by atoms with Crippen LogP contribution in [-0.2, 0) is 9.59 Å². The molecule has 3 heterocycles. The molecule has 2 aliphatic heterocycles. The Labute approximate surface area is 206 Å². The zero-order valence-electron chi connectivity index (χ0n) is 21.0. The quantitative estimate of drug-likeness (QED) is 0.565. The third kappa shape index (κ3) is 4.35. The number of fused-ring (bicyclic) bond motifs is 2. The highest BCUT2D eigenvalue weighted by molar-refractivity contribution is 5.90. The first-order chi connectivity index (χ1) is 16.9. The van der Waals surface area contributed by atoms with Crippen molar-refractivity contribution in [3.8, 4) is 0 Å². The molecule has 1 aromatic heterocycles. The summed E-state index contributed by atoms with van der Waals surface area (Å²) < 4.78 is 13.9. The van der Waals surface area contributed by atoms with E-state index in [1.165, 1.54) is 31.7 Å². The van der Waals surface area contributed by atoms with Gasteiger partial charge in [0, 0.05) is 48.2 Å². The molecule has 1 aliphatic carbocycles. The molecule has 3 fully saturated rings. The van der Waals surface area contributed by atoms with Crippen LogP contribution in [0, 0.1) is 5.82 Å². The van der Waals surface area contributed by atoms with Crippen LogP contribution in [0.25, 0.3) is 10.9 Å². The Morgan fingerprint density at radius 3 is 2.71 bits per heavy atom. The molecular formula is C27H38FN5O2. The van der Waals surface area contributed by atoms with E-state index in [1.54, 1.807) is 20.0 Å². The Bertz CT molecular complexity index is 1080. The minimum atomic E-state index is -0.532. The van der Waals surface area contributed by atoms with Gasteiger partial charge < -0.3 is 20.5 Å². The van der Waals surface area contributed by atoms with E-state index in [0.29, 0.717) is 25.0 Å². The standard InChI is InChI=1S/C27H38FN5O2/c1-4-22(31-26(34)16(2)29-3)27(35)32-12-11-24-25(32)21(15-33(24)18-7-5-6-8-18)20-14-30-23-13-17(28)9-10-19(20)23/h9-10,13-14,16,18,21-22,24-25,29-30H,4-8,11-12,15H2,1-3H3,(H,31,34). The smallest absolute Gasteiger partial charge is 0.245 e. The van der Waals surface area contributed by atoms with Crippen molar-refractivity contribution in [2.45, 2.75) is 88.5 Å². The van der Waals surface area contributed by atoms with Crippen LogP contribution < -0.4 is 10.6 Å². The van der Waals surface area contributed by atoms with Gasteiger partial charge in [-0.2, -0.15) is 0 Å². The number of likely N-dealkylation sites (tertiary alicyclic amines) is 2. The molecule has 1 saturated carbocycles. The van der Waals surface area contributed by atoms with Gasteiger partial charge in [0.1, 0.15) is 11.9 Å². The highest BCUT2D eigenvalue weighted by atomic mass is 19.1. The van der Waals surface area contributed by atoms with Gasteiger partial charge in [0.15, 0.2) is 0 Å². The number of aromatic nitrogens is 1. The number of carbonyl (C=O) groups is 2. The first-order valence-corrected chi connectivity index (χ1v) is 13.2. The van der Waals surface area contributed by atoms with Gasteiger partial charge in [-0.15, -0.1) is 0 Å². The fourth-order valence-corrected chi connectivity index (χ4v) is 6.71. The molecule has 7 nitrogen and oxygen atoms in total. The second-order valence-electron chi connectivity index (χ2n) is 10.5. The second kappa shape index (κ2) is 9.90. The van der Waals surface area contributed by atoms with Crippen LogP contribution in [0.15, 0.2) is 24.4 Å². The lowest BCUT2D eigenvalue weighted by Crippen LogP contribution is -2.54. The Kier molecular flexibility index (Phi) is 6.86. The number of halogens is 1. The maximum atomic E-state index is 13.9. The molecule has 0 bridgehead atoms. The highest BCUT2D eigenvalue weighted by Crippen LogP contribution is 2.45. The van der Waals surface area contributed by atoms with E-state index in [0.717, 1.165) is 29.4 Å². The van der Waals surface area contributed by atoms with E-state index in [2.05, 4.69) is 20.5 Å². The predicted molar refractivity (Wildman–Crippen MR) is 135 cm³/mol. The number of hydrogen-bond donors (Lipinski definition) is 3. The monoisotopic (exact) mass is 483 g/mol. The summed E-state index contributed by atoms with van der Waals surface area (Å²) in [6.07, 6.45) is 8.50. The molecule has 5 atom stereocenters. The van der Waals surface area contributed by atoms with Crippen molar-refractivity contribution in [1.82, 2.24) is 25.4 Å².